The molecule has 1 fully saturated rings. The summed E-state index contributed by atoms with van der Waals surface area (Å²) in [6, 6.07) is 4.43. The molecule has 1 aliphatic rings. The molecule has 0 bridgehead atoms. The minimum Gasteiger partial charge on any atom is -0.322 e. The smallest absolute Gasteiger partial charge is 0.322 e. The van der Waals surface area contributed by atoms with Crippen molar-refractivity contribution in [2.75, 3.05) is 25.0 Å². The van der Waals surface area contributed by atoms with Crippen molar-refractivity contribution in [2.45, 2.75) is 19.1 Å². The van der Waals surface area contributed by atoms with Gasteiger partial charge in [0.15, 0.2) is 0 Å². The van der Waals surface area contributed by atoms with Crippen molar-refractivity contribution in [2.24, 2.45) is 0 Å². The average Bonchev–Trinajstić information content (AvgIpc) is 2.38. The zero-order valence-electron chi connectivity index (χ0n) is 11.0. The Labute approximate surface area is 114 Å². The standard InChI is InChI=1S/C13H16F3N3O/c1-9-8-19(6-5-17-9)12(20)18-11-4-2-3-10(7-11)13(14,15)16/h2-4,7,9,17H,5-6,8H2,1H3,(H,18,20)/t9-/m0/s1. The number of carbonyl (C=O) groups excluding carboxylic acids is 1. The number of hydrogen-bond donors (Lipinski definition) is 2. The highest BCUT2D eigenvalue weighted by Gasteiger charge is 2.30. The molecule has 1 heterocycles. The molecule has 0 unspecified atom stereocenters. The maximum absolute atomic E-state index is 12.6. The first-order valence-corrected chi connectivity index (χ1v) is 6.33. The molecule has 2 N–H and O–H groups in total. The van der Waals surface area contributed by atoms with Gasteiger partial charge in [0.05, 0.1) is 5.56 Å². The normalized spacial score (nSPS) is 19.8. The van der Waals surface area contributed by atoms with Crippen molar-refractivity contribution in [3.8, 4) is 0 Å². The molecule has 2 amide bonds. The lowest BCUT2D eigenvalue weighted by Crippen LogP contribution is -2.52. The lowest BCUT2D eigenvalue weighted by atomic mass is 10.2. The first-order chi connectivity index (χ1) is 9.36. The van der Waals surface area contributed by atoms with Crippen LogP contribution in [0.15, 0.2) is 24.3 Å². The molecule has 1 aromatic carbocycles. The Morgan fingerprint density at radius 2 is 2.20 bits per heavy atom. The van der Waals surface area contributed by atoms with Gasteiger partial charge in [0.25, 0.3) is 0 Å². The predicted molar refractivity (Wildman–Crippen MR) is 69.5 cm³/mol. The number of piperazine rings is 1. The SMILES string of the molecule is C[C@H]1CN(C(=O)Nc2cccc(C(F)(F)F)c2)CCN1. The molecule has 0 spiro atoms. The Bertz CT molecular complexity index is 490. The number of halogens is 3. The molecule has 0 aliphatic carbocycles. The number of carbonyl (C=O) groups is 1. The van der Waals surface area contributed by atoms with Crippen molar-refractivity contribution >= 4 is 11.7 Å². The van der Waals surface area contributed by atoms with Crippen molar-refractivity contribution in [3.63, 3.8) is 0 Å². The first-order valence-electron chi connectivity index (χ1n) is 6.33. The minimum atomic E-state index is -4.41. The van der Waals surface area contributed by atoms with E-state index in [-0.39, 0.29) is 17.8 Å². The Kier molecular flexibility index (Phi) is 4.17. The van der Waals surface area contributed by atoms with E-state index in [1.54, 1.807) is 4.90 Å². The molecule has 7 heteroatoms. The van der Waals surface area contributed by atoms with Crippen LogP contribution in [-0.4, -0.2) is 36.6 Å². The summed E-state index contributed by atoms with van der Waals surface area (Å²) < 4.78 is 37.7. The summed E-state index contributed by atoms with van der Waals surface area (Å²) in [6.45, 7) is 3.70. The van der Waals surface area contributed by atoms with Crippen molar-refractivity contribution in [1.82, 2.24) is 10.2 Å². The van der Waals surface area contributed by atoms with Crippen LogP contribution in [0.4, 0.5) is 23.7 Å². The highest BCUT2D eigenvalue weighted by Crippen LogP contribution is 2.30. The summed E-state index contributed by atoms with van der Waals surface area (Å²) in [5, 5.41) is 5.69. The summed E-state index contributed by atoms with van der Waals surface area (Å²) in [6.07, 6.45) is -4.41. The van der Waals surface area contributed by atoms with Crippen LogP contribution in [0, 0.1) is 0 Å². The van der Waals surface area contributed by atoms with E-state index in [0.717, 1.165) is 12.1 Å². The van der Waals surface area contributed by atoms with Gasteiger partial charge >= 0.3 is 12.2 Å². The van der Waals surface area contributed by atoms with Crippen molar-refractivity contribution in [1.29, 1.82) is 0 Å². The van der Waals surface area contributed by atoms with Crippen molar-refractivity contribution < 1.29 is 18.0 Å². The Morgan fingerprint density at radius 1 is 1.45 bits per heavy atom. The number of amides is 2. The number of benzene rings is 1. The third kappa shape index (κ3) is 3.63. The molecule has 0 radical (unpaired) electrons. The van der Waals surface area contributed by atoms with E-state index in [9.17, 15) is 18.0 Å². The zero-order chi connectivity index (χ0) is 14.8. The number of anilines is 1. The van der Waals surface area contributed by atoms with Gasteiger partial charge in [-0.25, -0.2) is 4.79 Å². The van der Waals surface area contributed by atoms with Gasteiger partial charge in [0, 0.05) is 31.4 Å². The van der Waals surface area contributed by atoms with E-state index < -0.39 is 11.7 Å². The Balaban J connectivity index is 2.04. The summed E-state index contributed by atoms with van der Waals surface area (Å²) in [5.41, 5.74) is -0.625. The van der Waals surface area contributed by atoms with Crippen LogP contribution < -0.4 is 10.6 Å². The molecule has 110 valence electrons. The summed E-state index contributed by atoms with van der Waals surface area (Å²) in [7, 11) is 0. The van der Waals surface area contributed by atoms with Gasteiger partial charge in [0.2, 0.25) is 0 Å². The summed E-state index contributed by atoms with van der Waals surface area (Å²) in [4.78, 5) is 13.6. The molecule has 4 nitrogen and oxygen atoms in total. The minimum absolute atomic E-state index is 0.149. The monoisotopic (exact) mass is 287 g/mol. The van der Waals surface area contributed by atoms with Crippen LogP contribution in [0.5, 0.6) is 0 Å². The summed E-state index contributed by atoms with van der Waals surface area (Å²) in [5.74, 6) is 0. The van der Waals surface area contributed by atoms with Crippen LogP contribution in [0.1, 0.15) is 12.5 Å². The lowest BCUT2D eigenvalue weighted by Gasteiger charge is -2.31. The van der Waals surface area contributed by atoms with Gasteiger partial charge in [-0.3, -0.25) is 0 Å². The second-order valence-corrected chi connectivity index (χ2v) is 4.81. The zero-order valence-corrected chi connectivity index (χ0v) is 11.0. The third-order valence-electron chi connectivity index (χ3n) is 3.10. The fourth-order valence-corrected chi connectivity index (χ4v) is 2.09. The van der Waals surface area contributed by atoms with E-state index >= 15 is 0 Å². The molecular formula is C13H16F3N3O. The number of alkyl halides is 3. The quantitative estimate of drug-likeness (QED) is 0.833. The van der Waals surface area contributed by atoms with Crippen LogP contribution in [-0.2, 0) is 6.18 Å². The lowest BCUT2D eigenvalue weighted by molar-refractivity contribution is -0.137. The molecule has 1 aliphatic heterocycles. The summed E-state index contributed by atoms with van der Waals surface area (Å²) >= 11 is 0. The predicted octanol–water partition coefficient (Wildman–Crippen LogP) is 2.53. The van der Waals surface area contributed by atoms with E-state index in [0.29, 0.717) is 19.6 Å². The molecule has 0 saturated carbocycles. The van der Waals surface area contributed by atoms with Crippen LogP contribution >= 0.6 is 0 Å². The number of hydrogen-bond acceptors (Lipinski definition) is 2. The largest absolute Gasteiger partial charge is 0.416 e. The second kappa shape index (κ2) is 5.70. The van der Waals surface area contributed by atoms with Crippen LogP contribution in [0.2, 0.25) is 0 Å². The average molecular weight is 287 g/mol. The topological polar surface area (TPSA) is 44.4 Å². The highest BCUT2D eigenvalue weighted by atomic mass is 19.4. The number of nitrogens with zero attached hydrogens (tertiary/aromatic N) is 1. The number of urea groups is 1. The highest BCUT2D eigenvalue weighted by molar-refractivity contribution is 5.89. The maximum Gasteiger partial charge on any atom is 0.416 e. The number of nitrogens with one attached hydrogen (secondary N) is 2. The molecule has 0 aromatic heterocycles. The molecule has 1 saturated heterocycles. The van der Waals surface area contributed by atoms with Crippen LogP contribution in [0.25, 0.3) is 0 Å². The second-order valence-electron chi connectivity index (χ2n) is 4.81. The van der Waals surface area contributed by atoms with E-state index in [1.165, 1.54) is 12.1 Å². The molecule has 20 heavy (non-hydrogen) atoms. The third-order valence-corrected chi connectivity index (χ3v) is 3.10. The van der Waals surface area contributed by atoms with Gasteiger partial charge < -0.3 is 15.5 Å². The van der Waals surface area contributed by atoms with Crippen molar-refractivity contribution in [3.05, 3.63) is 29.8 Å². The van der Waals surface area contributed by atoms with Gasteiger partial charge in [-0.1, -0.05) is 6.07 Å². The van der Waals surface area contributed by atoms with Gasteiger partial charge in [-0.15, -0.1) is 0 Å². The fraction of sp³-hybridized carbons (Fsp3) is 0.462. The van der Waals surface area contributed by atoms with Gasteiger partial charge in [0.1, 0.15) is 0 Å². The molecular weight excluding hydrogens is 271 g/mol. The molecule has 1 aromatic rings. The van der Waals surface area contributed by atoms with Crippen LogP contribution in [0.3, 0.4) is 0 Å². The maximum atomic E-state index is 12.6. The molecule has 1 atom stereocenters. The van der Waals surface area contributed by atoms with E-state index in [4.69, 9.17) is 0 Å². The molecule has 2 rings (SSSR count). The van der Waals surface area contributed by atoms with Gasteiger partial charge in [-0.05, 0) is 25.1 Å². The number of rotatable bonds is 1. The van der Waals surface area contributed by atoms with E-state index in [2.05, 4.69) is 10.6 Å². The fourth-order valence-electron chi connectivity index (χ4n) is 2.09. The Morgan fingerprint density at radius 3 is 2.85 bits per heavy atom. The van der Waals surface area contributed by atoms with Gasteiger partial charge in [-0.2, -0.15) is 13.2 Å². The first kappa shape index (κ1) is 14.6. The Hall–Kier alpha value is -1.76. The van der Waals surface area contributed by atoms with E-state index in [1.807, 2.05) is 6.92 Å².